The summed E-state index contributed by atoms with van der Waals surface area (Å²) in [6.07, 6.45) is 2.28. The highest BCUT2D eigenvalue weighted by molar-refractivity contribution is 7.09. The Labute approximate surface area is 167 Å². The first-order valence-corrected chi connectivity index (χ1v) is 10.2. The maximum absolute atomic E-state index is 14.4. The van der Waals surface area contributed by atoms with Gasteiger partial charge in [-0.1, -0.05) is 6.07 Å². The third-order valence-corrected chi connectivity index (χ3v) is 6.17. The topological polar surface area (TPSA) is 54.9 Å². The highest BCUT2D eigenvalue weighted by atomic mass is 32.1. The number of ether oxygens (including phenoxy) is 2. The van der Waals surface area contributed by atoms with Crippen molar-refractivity contribution in [2.75, 3.05) is 40.0 Å². The summed E-state index contributed by atoms with van der Waals surface area (Å²) in [4.78, 5) is 21.9. The molecule has 1 atom stereocenters. The molecule has 1 aromatic heterocycles. The Morgan fingerprint density at radius 2 is 2.25 bits per heavy atom. The summed E-state index contributed by atoms with van der Waals surface area (Å²) in [6, 6.07) is 4.95. The number of thiazole rings is 1. The molecule has 0 saturated carbocycles. The SMILES string of the molecule is COc1ccc(CN2CCOC[C@]3(CC(=O)N(Cc4cncs4)C3)C2)c(F)c1. The highest BCUT2D eigenvalue weighted by Crippen LogP contribution is 2.36. The third kappa shape index (κ3) is 4.19. The van der Waals surface area contributed by atoms with Gasteiger partial charge < -0.3 is 14.4 Å². The van der Waals surface area contributed by atoms with Crippen LogP contribution in [0, 0.1) is 11.2 Å². The van der Waals surface area contributed by atoms with Crippen molar-refractivity contribution >= 4 is 17.2 Å². The van der Waals surface area contributed by atoms with Crippen LogP contribution in [0.1, 0.15) is 16.9 Å². The lowest BCUT2D eigenvalue weighted by Crippen LogP contribution is -2.40. The molecule has 0 N–H and O–H groups in total. The maximum Gasteiger partial charge on any atom is 0.223 e. The van der Waals surface area contributed by atoms with Gasteiger partial charge >= 0.3 is 0 Å². The number of amides is 1. The van der Waals surface area contributed by atoms with Crippen molar-refractivity contribution < 1.29 is 18.7 Å². The number of aromatic nitrogens is 1. The Bertz CT molecular complexity index is 832. The molecule has 2 aromatic rings. The Kier molecular flexibility index (Phi) is 5.61. The van der Waals surface area contributed by atoms with Gasteiger partial charge in [0.2, 0.25) is 5.91 Å². The number of benzene rings is 1. The molecular weight excluding hydrogens is 381 g/mol. The van der Waals surface area contributed by atoms with Crippen LogP contribution in [0.3, 0.4) is 0 Å². The van der Waals surface area contributed by atoms with E-state index in [-0.39, 0.29) is 17.1 Å². The molecule has 2 saturated heterocycles. The van der Waals surface area contributed by atoms with Crippen molar-refractivity contribution in [2.24, 2.45) is 5.41 Å². The van der Waals surface area contributed by atoms with Crippen LogP contribution in [0.2, 0.25) is 0 Å². The van der Waals surface area contributed by atoms with Crippen LogP contribution in [0.25, 0.3) is 0 Å². The second kappa shape index (κ2) is 8.14. The van der Waals surface area contributed by atoms with Crippen molar-refractivity contribution in [1.29, 1.82) is 0 Å². The van der Waals surface area contributed by atoms with Gasteiger partial charge in [0.1, 0.15) is 11.6 Å². The number of methoxy groups -OCH3 is 1. The first kappa shape index (κ1) is 19.3. The van der Waals surface area contributed by atoms with Gasteiger partial charge in [-0.15, -0.1) is 11.3 Å². The molecule has 2 aliphatic heterocycles. The molecule has 28 heavy (non-hydrogen) atoms. The largest absolute Gasteiger partial charge is 0.497 e. The maximum atomic E-state index is 14.4. The summed E-state index contributed by atoms with van der Waals surface area (Å²) in [5.74, 6) is 0.388. The van der Waals surface area contributed by atoms with Gasteiger partial charge in [-0.05, 0) is 6.07 Å². The molecule has 3 heterocycles. The number of carbonyl (C=O) groups is 1. The van der Waals surface area contributed by atoms with E-state index in [0.717, 1.165) is 11.4 Å². The van der Waals surface area contributed by atoms with E-state index in [9.17, 15) is 9.18 Å². The molecule has 1 aromatic carbocycles. The van der Waals surface area contributed by atoms with E-state index in [1.54, 1.807) is 29.0 Å². The Morgan fingerprint density at radius 1 is 1.36 bits per heavy atom. The number of nitrogens with zero attached hydrogens (tertiary/aromatic N) is 3. The summed E-state index contributed by atoms with van der Waals surface area (Å²) >= 11 is 1.56. The van der Waals surface area contributed by atoms with Gasteiger partial charge in [-0.3, -0.25) is 14.7 Å². The molecule has 4 rings (SSSR count). The molecule has 0 radical (unpaired) electrons. The van der Waals surface area contributed by atoms with Gasteiger partial charge in [0.15, 0.2) is 0 Å². The average Bonchev–Trinajstić information content (AvgIpc) is 3.23. The fourth-order valence-corrected chi connectivity index (χ4v) is 4.69. The summed E-state index contributed by atoms with van der Waals surface area (Å²) in [5.41, 5.74) is 2.16. The van der Waals surface area contributed by atoms with Crippen molar-refractivity contribution in [3.63, 3.8) is 0 Å². The van der Waals surface area contributed by atoms with Crippen molar-refractivity contribution in [1.82, 2.24) is 14.8 Å². The minimum Gasteiger partial charge on any atom is -0.497 e. The van der Waals surface area contributed by atoms with Crippen LogP contribution in [-0.2, 0) is 22.6 Å². The minimum absolute atomic E-state index is 0.148. The minimum atomic E-state index is -0.270. The lowest BCUT2D eigenvalue weighted by atomic mass is 9.87. The van der Waals surface area contributed by atoms with E-state index in [2.05, 4.69) is 9.88 Å². The van der Waals surface area contributed by atoms with Gasteiger partial charge in [0.05, 0.1) is 32.4 Å². The van der Waals surface area contributed by atoms with Crippen molar-refractivity contribution in [3.05, 3.63) is 46.2 Å². The summed E-state index contributed by atoms with van der Waals surface area (Å²) in [5, 5.41) is 0. The fourth-order valence-electron chi connectivity index (χ4n) is 4.08. The Balaban J connectivity index is 1.46. The third-order valence-electron chi connectivity index (χ3n) is 5.41. The number of hydrogen-bond donors (Lipinski definition) is 0. The Morgan fingerprint density at radius 3 is 3.00 bits per heavy atom. The fraction of sp³-hybridized carbons (Fsp3) is 0.500. The number of hydrogen-bond acceptors (Lipinski definition) is 6. The first-order chi connectivity index (χ1) is 13.6. The molecular formula is C20H24FN3O3S. The quantitative estimate of drug-likeness (QED) is 0.765. The molecule has 8 heteroatoms. The van der Waals surface area contributed by atoms with E-state index in [1.807, 2.05) is 11.1 Å². The molecule has 2 aliphatic rings. The van der Waals surface area contributed by atoms with Crippen molar-refractivity contribution in [2.45, 2.75) is 19.5 Å². The second-order valence-corrected chi connectivity index (χ2v) is 8.59. The van der Waals surface area contributed by atoms with Gasteiger partial charge in [0, 0.05) is 60.7 Å². The zero-order valence-electron chi connectivity index (χ0n) is 15.9. The Hall–Kier alpha value is -2.03. The number of rotatable bonds is 5. The summed E-state index contributed by atoms with van der Waals surface area (Å²) < 4.78 is 25.3. The second-order valence-electron chi connectivity index (χ2n) is 7.61. The van der Waals surface area contributed by atoms with Gasteiger partial charge in [-0.2, -0.15) is 0 Å². The smallest absolute Gasteiger partial charge is 0.223 e. The van der Waals surface area contributed by atoms with E-state index < -0.39 is 0 Å². The highest BCUT2D eigenvalue weighted by Gasteiger charge is 2.45. The molecule has 150 valence electrons. The molecule has 2 fully saturated rings. The van der Waals surface area contributed by atoms with Crippen LogP contribution in [0.5, 0.6) is 5.75 Å². The molecule has 0 unspecified atom stereocenters. The van der Waals surface area contributed by atoms with Crippen LogP contribution < -0.4 is 4.74 Å². The summed E-state index contributed by atoms with van der Waals surface area (Å²) in [7, 11) is 1.53. The van der Waals surface area contributed by atoms with Crippen LogP contribution >= 0.6 is 11.3 Å². The zero-order chi connectivity index (χ0) is 19.6. The van der Waals surface area contributed by atoms with E-state index in [1.165, 1.54) is 13.2 Å². The number of carbonyl (C=O) groups excluding carboxylic acids is 1. The lowest BCUT2D eigenvalue weighted by molar-refractivity contribution is -0.128. The van der Waals surface area contributed by atoms with Crippen LogP contribution in [0.4, 0.5) is 4.39 Å². The van der Waals surface area contributed by atoms with E-state index in [0.29, 0.717) is 57.1 Å². The lowest BCUT2D eigenvalue weighted by Gasteiger charge is -2.31. The van der Waals surface area contributed by atoms with Crippen LogP contribution in [0.15, 0.2) is 29.9 Å². The molecule has 6 nitrogen and oxygen atoms in total. The van der Waals surface area contributed by atoms with E-state index in [4.69, 9.17) is 9.47 Å². The molecule has 0 bridgehead atoms. The summed E-state index contributed by atoms with van der Waals surface area (Å²) in [6.45, 7) is 4.31. The predicted molar refractivity (Wildman–Crippen MR) is 104 cm³/mol. The van der Waals surface area contributed by atoms with Gasteiger partial charge in [-0.25, -0.2) is 4.39 Å². The van der Waals surface area contributed by atoms with E-state index >= 15 is 0 Å². The molecule has 1 spiro atoms. The normalized spacial score (nSPS) is 23.4. The van der Waals surface area contributed by atoms with Gasteiger partial charge in [0.25, 0.3) is 0 Å². The standard InChI is InChI=1S/C20H24FN3O3S/c1-26-16-3-2-15(18(21)6-16)9-23-4-5-27-13-20(11-23)7-19(25)24(12-20)10-17-8-22-14-28-17/h2-3,6,8,14H,4-5,7,9-13H2,1H3/t20-/m1/s1. The van der Waals surface area contributed by atoms with Crippen molar-refractivity contribution in [3.8, 4) is 5.75 Å². The first-order valence-electron chi connectivity index (χ1n) is 9.35. The molecule has 0 aliphatic carbocycles. The predicted octanol–water partition coefficient (Wildman–Crippen LogP) is 2.54. The number of likely N-dealkylation sites (tertiary alicyclic amines) is 1. The monoisotopic (exact) mass is 405 g/mol. The zero-order valence-corrected chi connectivity index (χ0v) is 16.7. The number of halogens is 1. The molecule has 1 amide bonds. The average molecular weight is 405 g/mol. The van der Waals surface area contributed by atoms with Crippen LogP contribution in [-0.4, -0.2) is 60.6 Å².